The Balaban J connectivity index is 0.000000248. The molecule has 0 aromatic heterocycles. The number of hydrogen-bond donors (Lipinski definition) is 2. The fraction of sp³-hybridized carbons (Fsp3) is 0.341. The lowest BCUT2D eigenvalue weighted by Crippen LogP contribution is -2.26. The number of carboxylic acid groups (broad SMARTS) is 1. The number of carbonyl (C=O) groups is 4. The first-order valence-electron chi connectivity index (χ1n) is 34.7. The van der Waals surface area contributed by atoms with Crippen LogP contribution in [-0.2, 0) is 33.4 Å². The van der Waals surface area contributed by atoms with Gasteiger partial charge in [0.2, 0.25) is 0 Å². The molecule has 9 aromatic carbocycles. The minimum atomic E-state index is -0.785. The number of thioether (sulfide) groups is 3. The van der Waals surface area contributed by atoms with Gasteiger partial charge in [-0.1, -0.05) is 281 Å². The van der Waals surface area contributed by atoms with Crippen LogP contribution >= 0.6 is 47.9 Å². The van der Waals surface area contributed by atoms with Gasteiger partial charge in [-0.2, -0.15) is 12.6 Å². The Bertz CT molecular complexity index is 3440. The number of hydrogen-bond acceptors (Lipinski definition) is 11. The summed E-state index contributed by atoms with van der Waals surface area (Å²) in [6.07, 6.45) is 3.91. The third-order valence-electron chi connectivity index (χ3n) is 15.9. The molecule has 0 radical (unpaired) electrons. The Morgan fingerprint density at radius 2 is 0.510 bits per heavy atom. The van der Waals surface area contributed by atoms with Gasteiger partial charge < -0.3 is 19.3 Å². The van der Waals surface area contributed by atoms with Crippen LogP contribution in [0.5, 0.6) is 17.2 Å². The van der Waals surface area contributed by atoms with Crippen molar-refractivity contribution in [2.24, 2.45) is 23.7 Å². The molecule has 0 spiro atoms. The van der Waals surface area contributed by atoms with E-state index in [1.165, 1.54) is 33.4 Å². The highest BCUT2D eigenvalue weighted by Gasteiger charge is 2.40. The van der Waals surface area contributed by atoms with Gasteiger partial charge in [0.25, 0.3) is 0 Å². The molecular weight excluding hydrogens is 1310 g/mol. The second-order valence-corrected chi connectivity index (χ2v) is 30.6. The lowest BCUT2D eigenvalue weighted by atomic mass is 9.84. The van der Waals surface area contributed by atoms with Gasteiger partial charge >= 0.3 is 5.97 Å². The highest BCUT2D eigenvalue weighted by Crippen LogP contribution is 2.52. The number of thiol groups is 1. The van der Waals surface area contributed by atoms with Gasteiger partial charge in [0.15, 0.2) is 0 Å². The monoisotopic (exact) mass is 1420 g/mol. The van der Waals surface area contributed by atoms with E-state index in [4.69, 9.17) is 19.3 Å². The summed E-state index contributed by atoms with van der Waals surface area (Å²) >= 11 is 9.28. The predicted molar refractivity (Wildman–Crippen MR) is 429 cm³/mol. The topological polar surface area (TPSA) is 116 Å². The van der Waals surface area contributed by atoms with Crippen molar-refractivity contribution < 1.29 is 38.5 Å². The fourth-order valence-electron chi connectivity index (χ4n) is 11.5. The second kappa shape index (κ2) is 44.5. The molecule has 0 amide bonds. The first-order valence-corrected chi connectivity index (χ1v) is 38.3. The number of carbonyl (C=O) groups excluding carboxylic acids is 3. The van der Waals surface area contributed by atoms with Crippen molar-refractivity contribution in [1.29, 1.82) is 0 Å². The second-order valence-electron chi connectivity index (χ2n) is 26.2. The largest absolute Gasteiger partial charge is 0.497 e. The SMILES string of the molecule is CC(C)C.CC(C)CC(=O)CCS.COc1ccc(C(SCCC(=O)CC(C)C)(c2ccccc2)c2ccccc2)cc1.COc1ccc(C(SCCC(=O)CC(C)C)(c2ccccc2)c2ccccc2)cc1.COc1ccc(C(SCCC(=O)O)(c2ccccc2)c2ccccc2)cc1. The van der Waals surface area contributed by atoms with Gasteiger partial charge in [-0.15, -0.1) is 35.3 Å². The minimum absolute atomic E-state index is 0.113. The summed E-state index contributed by atoms with van der Waals surface area (Å²) in [7, 11) is 5.02. The Hall–Kier alpha value is -7.74. The van der Waals surface area contributed by atoms with Crippen molar-refractivity contribution in [3.05, 3.63) is 305 Å². The lowest BCUT2D eigenvalue weighted by molar-refractivity contribution is -0.136. The summed E-state index contributed by atoms with van der Waals surface area (Å²) < 4.78 is 14.8. The maximum Gasteiger partial charge on any atom is 0.304 e. The van der Waals surface area contributed by atoms with Crippen LogP contribution in [0.3, 0.4) is 0 Å². The molecule has 12 heteroatoms. The molecule has 9 aromatic rings. The molecule has 0 bridgehead atoms. The van der Waals surface area contributed by atoms with Crippen molar-refractivity contribution in [3.8, 4) is 17.2 Å². The first-order chi connectivity index (χ1) is 48.2. The zero-order valence-corrected chi connectivity index (χ0v) is 64.2. The standard InChI is InChI=1S/2C27H30O2S.C23H22O3S.C7H14OS.C4H10/c2*1-21(2)20-25(28)18-19-30-27(22-10-6-4-7-11-22,23-12-8-5-9-13-23)24-14-16-26(29-3)17-15-24;1-26-21-14-12-20(13-15-21)23(27-17-16-22(24)25,18-8-4-2-5-9-18)19-10-6-3-7-11-19;1-6(2)5-7(8)3-4-9;1-4(2)3/h2*4-17,21H,18-20H2,1-3H3;2-15H,16-17H2,1H3,(H,24,25);6,9H,3-5H2,1-2H3;4H,1-3H3. The van der Waals surface area contributed by atoms with Crippen LogP contribution in [-0.4, -0.2) is 72.8 Å². The van der Waals surface area contributed by atoms with E-state index in [9.17, 15) is 19.2 Å². The van der Waals surface area contributed by atoms with Crippen LogP contribution in [0.25, 0.3) is 0 Å². The van der Waals surface area contributed by atoms with E-state index in [-0.39, 0.29) is 6.42 Å². The van der Waals surface area contributed by atoms with E-state index in [2.05, 4.69) is 233 Å². The van der Waals surface area contributed by atoms with Crippen LogP contribution < -0.4 is 14.2 Å². The van der Waals surface area contributed by atoms with Gasteiger partial charge in [-0.25, -0.2) is 0 Å². The molecule has 1 N–H and O–H groups in total. The van der Waals surface area contributed by atoms with E-state index in [0.717, 1.165) is 51.4 Å². The third kappa shape index (κ3) is 26.0. The van der Waals surface area contributed by atoms with E-state index in [1.807, 2.05) is 121 Å². The maximum atomic E-state index is 12.4. The quantitative estimate of drug-likeness (QED) is 0.0310. The van der Waals surface area contributed by atoms with Crippen molar-refractivity contribution in [3.63, 3.8) is 0 Å². The molecule has 100 heavy (non-hydrogen) atoms. The highest BCUT2D eigenvalue weighted by molar-refractivity contribution is 8.01. The van der Waals surface area contributed by atoms with Crippen molar-refractivity contribution in [1.82, 2.24) is 0 Å². The summed E-state index contributed by atoms with van der Waals surface area (Å²) in [4.78, 5) is 46.8. The average molecular weight is 1420 g/mol. The Kier molecular flexibility index (Phi) is 36.9. The lowest BCUT2D eigenvalue weighted by Gasteiger charge is -2.35. The molecule has 0 atom stereocenters. The molecule has 0 unspecified atom stereocenters. The fourth-order valence-corrected chi connectivity index (χ4v) is 16.3. The van der Waals surface area contributed by atoms with Gasteiger partial charge in [0, 0.05) is 55.8 Å². The van der Waals surface area contributed by atoms with E-state index in [1.54, 1.807) is 33.1 Å². The zero-order valence-electron chi connectivity index (χ0n) is 60.8. The Labute approximate surface area is 617 Å². The van der Waals surface area contributed by atoms with Gasteiger partial charge in [-0.3, -0.25) is 19.2 Å². The van der Waals surface area contributed by atoms with Gasteiger partial charge in [0.1, 0.15) is 34.6 Å². The molecule has 0 saturated carbocycles. The normalized spacial score (nSPS) is 11.2. The summed E-state index contributed by atoms with van der Waals surface area (Å²) in [5.74, 6) is 7.55. The summed E-state index contributed by atoms with van der Waals surface area (Å²) in [6.45, 7) is 19.0. The van der Waals surface area contributed by atoms with E-state index >= 15 is 0 Å². The molecule has 0 aliphatic carbocycles. The number of aliphatic carboxylic acids is 1. The van der Waals surface area contributed by atoms with Crippen LogP contribution in [0, 0.1) is 23.7 Å². The molecule has 9 rings (SSSR count). The molecule has 8 nitrogen and oxygen atoms in total. The smallest absolute Gasteiger partial charge is 0.304 e. The van der Waals surface area contributed by atoms with Gasteiger partial charge in [0.05, 0.1) is 42.0 Å². The number of ether oxygens (including phenoxy) is 3. The van der Waals surface area contributed by atoms with E-state index < -0.39 is 20.2 Å². The Morgan fingerprint density at radius 3 is 0.690 bits per heavy atom. The maximum absolute atomic E-state index is 12.4. The van der Waals surface area contributed by atoms with Crippen molar-refractivity contribution >= 4 is 71.2 Å². The van der Waals surface area contributed by atoms with Crippen LogP contribution in [0.15, 0.2) is 255 Å². The summed E-state index contributed by atoms with van der Waals surface area (Å²) in [5.41, 5.74) is 10.5. The third-order valence-corrected chi connectivity index (χ3v) is 20.8. The summed E-state index contributed by atoms with van der Waals surface area (Å²) in [5, 5.41) is 9.16. The number of carboxylic acids is 1. The number of rotatable bonds is 32. The van der Waals surface area contributed by atoms with E-state index in [0.29, 0.717) is 85.1 Å². The van der Waals surface area contributed by atoms with Crippen LogP contribution in [0.2, 0.25) is 0 Å². The Morgan fingerprint density at radius 1 is 0.320 bits per heavy atom. The number of methoxy groups -OCH3 is 3. The molecule has 0 saturated heterocycles. The van der Waals surface area contributed by atoms with Crippen LogP contribution in [0.4, 0.5) is 0 Å². The van der Waals surface area contributed by atoms with Crippen LogP contribution in [0.1, 0.15) is 157 Å². The molecule has 0 fully saturated rings. The van der Waals surface area contributed by atoms with Crippen molar-refractivity contribution in [2.45, 2.75) is 122 Å². The first kappa shape index (κ1) is 82.9. The summed E-state index contributed by atoms with van der Waals surface area (Å²) in [6, 6.07) is 87.4. The van der Waals surface area contributed by atoms with Crippen molar-refractivity contribution in [2.75, 3.05) is 44.3 Å². The molecule has 530 valence electrons. The predicted octanol–water partition coefficient (Wildman–Crippen LogP) is 22.2. The highest BCUT2D eigenvalue weighted by atomic mass is 32.2. The number of Topliss-reactive ketones (excluding diaryl/α,β-unsaturated/α-hetero) is 3. The number of ketones is 3. The molecular formula is C88H106O8S4. The zero-order chi connectivity index (χ0) is 72.8. The van der Waals surface area contributed by atoms with Gasteiger partial charge in [-0.05, 0) is 116 Å². The average Bonchev–Trinajstić information content (AvgIpc) is 0.774. The molecule has 0 aliphatic rings. The number of benzene rings is 9. The minimum Gasteiger partial charge on any atom is -0.497 e. The molecule has 0 heterocycles. The molecule has 0 aliphatic heterocycles.